The van der Waals surface area contributed by atoms with Gasteiger partial charge in [0.25, 0.3) is 0 Å². The first-order chi connectivity index (χ1) is 14.1. The third-order valence-corrected chi connectivity index (χ3v) is 5.46. The topological polar surface area (TPSA) is 67.8 Å². The molecule has 6 heteroatoms. The van der Waals surface area contributed by atoms with Crippen molar-refractivity contribution < 1.29 is 4.79 Å². The minimum Gasteiger partial charge on any atom is -0.325 e. The van der Waals surface area contributed by atoms with E-state index in [-0.39, 0.29) is 5.78 Å². The fourth-order valence-electron chi connectivity index (χ4n) is 2.92. The van der Waals surface area contributed by atoms with Crippen LogP contribution in [0.25, 0.3) is 10.6 Å². The lowest BCUT2D eigenvalue weighted by atomic mass is 10.1. The van der Waals surface area contributed by atoms with Crippen LogP contribution in [-0.4, -0.2) is 20.7 Å². The number of ketones is 1. The van der Waals surface area contributed by atoms with E-state index in [4.69, 9.17) is 4.98 Å². The van der Waals surface area contributed by atoms with Crippen LogP contribution >= 0.6 is 11.3 Å². The zero-order chi connectivity index (χ0) is 20.2. The maximum atomic E-state index is 11.4. The standard InChI is InChI=1S/C23H20N4OS/c1-15-10-11-24-22(12-15)27-21-5-3-4-19(26-21)20-14-25-23(29-20)13-17-6-8-18(9-7-17)16(2)28/h3-12,14H,13H2,1-2H3,(H,24,26,27). The Bertz CT molecular complexity index is 1150. The highest BCUT2D eigenvalue weighted by atomic mass is 32.1. The summed E-state index contributed by atoms with van der Waals surface area (Å²) in [5.41, 5.74) is 3.87. The van der Waals surface area contributed by atoms with Crippen LogP contribution in [-0.2, 0) is 6.42 Å². The number of hydrogen-bond donors (Lipinski definition) is 1. The molecule has 0 amide bonds. The molecule has 3 heterocycles. The summed E-state index contributed by atoms with van der Waals surface area (Å²) in [6.45, 7) is 3.61. The van der Waals surface area contributed by atoms with Crippen LogP contribution in [0.15, 0.2) is 67.0 Å². The van der Waals surface area contributed by atoms with Crippen molar-refractivity contribution in [3.05, 3.63) is 88.7 Å². The first kappa shape index (κ1) is 19.0. The van der Waals surface area contributed by atoms with Crippen molar-refractivity contribution in [2.45, 2.75) is 20.3 Å². The number of rotatable bonds is 6. The van der Waals surface area contributed by atoms with Gasteiger partial charge in [-0.2, -0.15) is 0 Å². The number of thiazole rings is 1. The summed E-state index contributed by atoms with van der Waals surface area (Å²) < 4.78 is 0. The molecule has 1 aromatic carbocycles. The highest BCUT2D eigenvalue weighted by Gasteiger charge is 2.09. The van der Waals surface area contributed by atoms with Gasteiger partial charge in [0.15, 0.2) is 5.78 Å². The van der Waals surface area contributed by atoms with Crippen LogP contribution in [0.4, 0.5) is 11.6 Å². The van der Waals surface area contributed by atoms with Gasteiger partial charge in [0.05, 0.1) is 15.6 Å². The van der Waals surface area contributed by atoms with E-state index in [1.165, 1.54) is 0 Å². The van der Waals surface area contributed by atoms with Crippen LogP contribution in [0.2, 0.25) is 0 Å². The Morgan fingerprint density at radius 3 is 2.62 bits per heavy atom. The van der Waals surface area contributed by atoms with Crippen molar-refractivity contribution in [2.75, 3.05) is 5.32 Å². The zero-order valence-electron chi connectivity index (χ0n) is 16.2. The molecule has 0 saturated carbocycles. The average Bonchev–Trinajstić information content (AvgIpc) is 3.17. The molecule has 0 radical (unpaired) electrons. The predicted octanol–water partition coefficient (Wildman–Crippen LogP) is 5.45. The molecule has 0 aliphatic rings. The third-order valence-electron chi connectivity index (χ3n) is 4.44. The quantitative estimate of drug-likeness (QED) is 0.436. The van der Waals surface area contributed by atoms with Gasteiger partial charge in [-0.05, 0) is 49.2 Å². The molecule has 3 aromatic heterocycles. The number of aromatic nitrogens is 3. The van der Waals surface area contributed by atoms with Crippen molar-refractivity contribution in [1.29, 1.82) is 0 Å². The summed E-state index contributed by atoms with van der Waals surface area (Å²) in [6, 6.07) is 17.5. The highest BCUT2D eigenvalue weighted by Crippen LogP contribution is 2.27. The van der Waals surface area contributed by atoms with Crippen LogP contribution < -0.4 is 5.32 Å². The van der Waals surface area contributed by atoms with E-state index in [0.717, 1.165) is 50.3 Å². The first-order valence-electron chi connectivity index (χ1n) is 9.28. The molecular formula is C23H20N4OS. The van der Waals surface area contributed by atoms with E-state index < -0.39 is 0 Å². The number of carbonyl (C=O) groups is 1. The molecule has 4 rings (SSSR count). The first-order valence-corrected chi connectivity index (χ1v) is 10.1. The Labute approximate surface area is 173 Å². The molecule has 0 spiro atoms. The maximum Gasteiger partial charge on any atom is 0.159 e. The van der Waals surface area contributed by atoms with Gasteiger partial charge in [0.2, 0.25) is 0 Å². The van der Waals surface area contributed by atoms with Crippen LogP contribution in [0, 0.1) is 6.92 Å². The number of benzene rings is 1. The Balaban J connectivity index is 1.49. The van der Waals surface area contributed by atoms with Gasteiger partial charge in [0, 0.05) is 24.4 Å². The second kappa shape index (κ2) is 8.32. The number of hydrogen-bond acceptors (Lipinski definition) is 6. The van der Waals surface area contributed by atoms with Crippen molar-refractivity contribution in [3.63, 3.8) is 0 Å². The van der Waals surface area contributed by atoms with E-state index >= 15 is 0 Å². The minimum absolute atomic E-state index is 0.0773. The molecule has 144 valence electrons. The summed E-state index contributed by atoms with van der Waals surface area (Å²) in [5.74, 6) is 1.59. The van der Waals surface area contributed by atoms with Gasteiger partial charge in [-0.25, -0.2) is 15.0 Å². The smallest absolute Gasteiger partial charge is 0.159 e. The Kier molecular flexibility index (Phi) is 5.44. The number of anilines is 2. The molecule has 0 aliphatic heterocycles. The van der Waals surface area contributed by atoms with Crippen molar-refractivity contribution in [1.82, 2.24) is 15.0 Å². The van der Waals surface area contributed by atoms with Gasteiger partial charge in [0.1, 0.15) is 11.6 Å². The monoisotopic (exact) mass is 400 g/mol. The molecular weight excluding hydrogens is 380 g/mol. The molecule has 0 unspecified atom stereocenters. The van der Waals surface area contributed by atoms with Gasteiger partial charge in [-0.1, -0.05) is 30.3 Å². The SMILES string of the molecule is CC(=O)c1ccc(Cc2ncc(-c3cccc(Nc4cc(C)ccn4)n3)s2)cc1. The summed E-state index contributed by atoms with van der Waals surface area (Å²) >= 11 is 1.62. The Morgan fingerprint density at radius 2 is 1.86 bits per heavy atom. The Morgan fingerprint density at radius 1 is 1.03 bits per heavy atom. The van der Waals surface area contributed by atoms with E-state index in [1.54, 1.807) is 24.5 Å². The molecule has 4 aromatic rings. The van der Waals surface area contributed by atoms with Gasteiger partial charge in [-0.15, -0.1) is 11.3 Å². The summed E-state index contributed by atoms with van der Waals surface area (Å²) in [4.78, 5) is 26.0. The summed E-state index contributed by atoms with van der Waals surface area (Å²) in [7, 11) is 0. The number of pyridine rings is 2. The van der Waals surface area contributed by atoms with Crippen LogP contribution in [0.5, 0.6) is 0 Å². The van der Waals surface area contributed by atoms with Crippen LogP contribution in [0.3, 0.4) is 0 Å². The Hall–Kier alpha value is -3.38. The highest BCUT2D eigenvalue weighted by molar-refractivity contribution is 7.15. The predicted molar refractivity (Wildman–Crippen MR) is 117 cm³/mol. The van der Waals surface area contributed by atoms with E-state index in [1.807, 2.05) is 67.7 Å². The molecule has 0 aliphatic carbocycles. The fourth-order valence-corrected chi connectivity index (χ4v) is 3.84. The normalized spacial score (nSPS) is 10.7. The molecule has 0 atom stereocenters. The number of carbonyl (C=O) groups excluding carboxylic acids is 1. The van der Waals surface area contributed by atoms with Gasteiger partial charge >= 0.3 is 0 Å². The fraction of sp³-hybridized carbons (Fsp3) is 0.130. The summed E-state index contributed by atoms with van der Waals surface area (Å²) in [6.07, 6.45) is 4.37. The number of aryl methyl sites for hydroxylation is 1. The lowest BCUT2D eigenvalue weighted by Gasteiger charge is -2.06. The lowest BCUT2D eigenvalue weighted by Crippen LogP contribution is -1.96. The van der Waals surface area contributed by atoms with Crippen molar-refractivity contribution >= 4 is 28.8 Å². The third kappa shape index (κ3) is 4.73. The molecule has 0 fully saturated rings. The maximum absolute atomic E-state index is 11.4. The molecule has 0 saturated heterocycles. The average molecular weight is 401 g/mol. The van der Waals surface area contributed by atoms with Crippen molar-refractivity contribution in [2.24, 2.45) is 0 Å². The van der Waals surface area contributed by atoms with Gasteiger partial charge in [-0.3, -0.25) is 4.79 Å². The summed E-state index contributed by atoms with van der Waals surface area (Å²) in [5, 5.41) is 4.26. The second-order valence-electron chi connectivity index (χ2n) is 6.80. The molecule has 29 heavy (non-hydrogen) atoms. The number of nitrogens with one attached hydrogen (secondary N) is 1. The van der Waals surface area contributed by atoms with Crippen LogP contribution in [0.1, 0.15) is 33.4 Å². The van der Waals surface area contributed by atoms with E-state index in [0.29, 0.717) is 0 Å². The minimum atomic E-state index is 0.0773. The largest absolute Gasteiger partial charge is 0.325 e. The molecule has 1 N–H and O–H groups in total. The van der Waals surface area contributed by atoms with E-state index in [9.17, 15) is 4.79 Å². The molecule has 5 nitrogen and oxygen atoms in total. The molecule has 0 bridgehead atoms. The van der Waals surface area contributed by atoms with E-state index in [2.05, 4.69) is 15.3 Å². The van der Waals surface area contributed by atoms with Crippen molar-refractivity contribution in [3.8, 4) is 10.6 Å². The zero-order valence-corrected chi connectivity index (χ0v) is 17.0. The lowest BCUT2D eigenvalue weighted by molar-refractivity contribution is 0.101. The number of nitrogens with zero attached hydrogens (tertiary/aromatic N) is 3. The number of Topliss-reactive ketones (excluding diaryl/α,β-unsaturated/α-hetero) is 1. The van der Waals surface area contributed by atoms with Gasteiger partial charge < -0.3 is 5.32 Å². The second-order valence-corrected chi connectivity index (χ2v) is 7.91.